The van der Waals surface area contributed by atoms with Gasteiger partial charge in [-0.3, -0.25) is 4.79 Å². The van der Waals surface area contributed by atoms with Gasteiger partial charge in [0.2, 0.25) is 0 Å². The highest BCUT2D eigenvalue weighted by molar-refractivity contribution is 5.74. The van der Waals surface area contributed by atoms with Gasteiger partial charge in [0.1, 0.15) is 0 Å². The van der Waals surface area contributed by atoms with E-state index in [-0.39, 0.29) is 18.5 Å². The summed E-state index contributed by atoms with van der Waals surface area (Å²) in [4.78, 5) is 22.3. The Kier molecular flexibility index (Phi) is 6.25. The van der Waals surface area contributed by atoms with Gasteiger partial charge in [0.15, 0.2) is 0 Å². The molecule has 22 heavy (non-hydrogen) atoms. The minimum Gasteiger partial charge on any atom is -0.481 e. The summed E-state index contributed by atoms with van der Waals surface area (Å²) in [5.41, 5.74) is 1.31. The zero-order chi connectivity index (χ0) is 15.8. The Balaban J connectivity index is 1.73. The lowest BCUT2D eigenvalue weighted by Crippen LogP contribution is -2.44. The van der Waals surface area contributed by atoms with Gasteiger partial charge in [-0.1, -0.05) is 36.8 Å². The Labute approximate surface area is 131 Å². The van der Waals surface area contributed by atoms with Gasteiger partial charge in [0, 0.05) is 19.0 Å². The summed E-state index contributed by atoms with van der Waals surface area (Å²) in [5, 5.41) is 14.3. The first-order valence-corrected chi connectivity index (χ1v) is 7.95. The van der Waals surface area contributed by atoms with Crippen LogP contribution in [0.5, 0.6) is 0 Å². The minimum absolute atomic E-state index is 0.0837. The smallest absolute Gasteiger partial charge is 0.315 e. The van der Waals surface area contributed by atoms with Crippen LogP contribution in [0.2, 0.25) is 0 Å². The van der Waals surface area contributed by atoms with Crippen LogP contribution in [0.1, 0.15) is 37.7 Å². The zero-order valence-electron chi connectivity index (χ0n) is 12.8. The van der Waals surface area contributed by atoms with Gasteiger partial charge in [-0.15, -0.1) is 0 Å². The summed E-state index contributed by atoms with van der Waals surface area (Å²) in [6, 6.07) is 10.4. The first kappa shape index (κ1) is 16.3. The third-order valence-electron chi connectivity index (χ3n) is 4.17. The van der Waals surface area contributed by atoms with Crippen molar-refractivity contribution < 1.29 is 14.7 Å². The van der Waals surface area contributed by atoms with Crippen LogP contribution in [0, 0.1) is 5.92 Å². The normalized spacial score (nSPS) is 20.5. The summed E-state index contributed by atoms with van der Waals surface area (Å²) in [7, 11) is 0. The fourth-order valence-electron chi connectivity index (χ4n) is 3.05. The second-order valence-electron chi connectivity index (χ2n) is 5.88. The summed E-state index contributed by atoms with van der Waals surface area (Å²) in [6.07, 6.45) is 4.83. The molecule has 0 heterocycles. The van der Waals surface area contributed by atoms with Gasteiger partial charge in [-0.05, 0) is 37.2 Å². The molecule has 0 aromatic heterocycles. The fourth-order valence-corrected chi connectivity index (χ4v) is 3.05. The first-order valence-electron chi connectivity index (χ1n) is 7.95. The van der Waals surface area contributed by atoms with E-state index in [1.165, 1.54) is 5.56 Å². The van der Waals surface area contributed by atoms with E-state index in [4.69, 9.17) is 5.11 Å². The third-order valence-corrected chi connectivity index (χ3v) is 4.17. The number of nitrogens with one attached hydrogen (secondary N) is 2. The molecule has 5 heteroatoms. The minimum atomic E-state index is -0.832. The Hall–Kier alpha value is -2.04. The lowest BCUT2D eigenvalue weighted by Gasteiger charge is -2.21. The van der Waals surface area contributed by atoms with Crippen LogP contribution in [0.4, 0.5) is 4.79 Å². The highest BCUT2D eigenvalue weighted by atomic mass is 16.4. The molecule has 2 atom stereocenters. The predicted octanol–water partition coefficient (Wildman–Crippen LogP) is 2.56. The van der Waals surface area contributed by atoms with E-state index in [1.54, 1.807) is 0 Å². The zero-order valence-corrected chi connectivity index (χ0v) is 12.8. The lowest BCUT2D eigenvalue weighted by molar-refractivity contribution is -0.137. The van der Waals surface area contributed by atoms with Crippen molar-refractivity contribution in [1.29, 1.82) is 0 Å². The summed E-state index contributed by atoms with van der Waals surface area (Å²) < 4.78 is 0. The maximum absolute atomic E-state index is 11.9. The number of carbonyl (C=O) groups excluding carboxylic acids is 1. The van der Waals surface area contributed by atoms with Crippen LogP contribution in [0.3, 0.4) is 0 Å². The summed E-state index contributed by atoms with van der Waals surface area (Å²) >= 11 is 0. The molecule has 0 spiro atoms. The molecule has 2 unspecified atom stereocenters. The average Bonchev–Trinajstić information content (AvgIpc) is 2.91. The lowest BCUT2D eigenvalue weighted by atomic mass is 9.95. The molecule has 1 aromatic carbocycles. The van der Waals surface area contributed by atoms with Crippen LogP contribution < -0.4 is 10.6 Å². The van der Waals surface area contributed by atoms with Crippen LogP contribution in [-0.2, 0) is 11.2 Å². The van der Waals surface area contributed by atoms with Crippen LogP contribution in [0.15, 0.2) is 30.3 Å². The number of carboxylic acid groups (broad SMARTS) is 1. The van der Waals surface area contributed by atoms with Crippen molar-refractivity contribution in [3.05, 3.63) is 35.9 Å². The number of rotatable bonds is 7. The van der Waals surface area contributed by atoms with Crippen molar-refractivity contribution >= 4 is 12.0 Å². The number of carbonyl (C=O) groups is 2. The van der Waals surface area contributed by atoms with Crippen LogP contribution in [-0.4, -0.2) is 29.7 Å². The van der Waals surface area contributed by atoms with E-state index in [2.05, 4.69) is 22.8 Å². The number of hydrogen-bond acceptors (Lipinski definition) is 2. The van der Waals surface area contributed by atoms with E-state index in [9.17, 15) is 9.59 Å². The Morgan fingerprint density at radius 1 is 1.18 bits per heavy atom. The quantitative estimate of drug-likeness (QED) is 0.677. The number of amides is 2. The van der Waals surface area contributed by atoms with Gasteiger partial charge in [-0.25, -0.2) is 4.79 Å². The van der Waals surface area contributed by atoms with Crippen molar-refractivity contribution in [2.75, 3.05) is 6.54 Å². The molecule has 1 fully saturated rings. The monoisotopic (exact) mass is 304 g/mol. The molecular weight excluding hydrogens is 280 g/mol. The van der Waals surface area contributed by atoms with Crippen molar-refractivity contribution in [1.82, 2.24) is 10.6 Å². The topological polar surface area (TPSA) is 78.4 Å². The Bertz CT molecular complexity index is 490. The first-order chi connectivity index (χ1) is 10.6. The van der Waals surface area contributed by atoms with Gasteiger partial charge in [0.05, 0.1) is 0 Å². The van der Waals surface area contributed by atoms with Crippen LogP contribution in [0.25, 0.3) is 0 Å². The average molecular weight is 304 g/mol. The van der Waals surface area contributed by atoms with Gasteiger partial charge in [-0.2, -0.15) is 0 Å². The molecule has 5 nitrogen and oxygen atoms in total. The van der Waals surface area contributed by atoms with Gasteiger partial charge >= 0.3 is 12.0 Å². The van der Waals surface area contributed by atoms with E-state index in [1.807, 2.05) is 18.2 Å². The van der Waals surface area contributed by atoms with Crippen molar-refractivity contribution in [3.8, 4) is 0 Å². The number of aliphatic carboxylic acids is 1. The molecule has 0 radical (unpaired) electrons. The molecule has 120 valence electrons. The second kappa shape index (κ2) is 8.41. The number of urea groups is 1. The molecule has 1 saturated carbocycles. The SMILES string of the molecule is O=C(O)CCCNC(=O)NC1CCCC1Cc1ccccc1. The second-order valence-corrected chi connectivity index (χ2v) is 5.88. The Morgan fingerprint density at radius 2 is 1.95 bits per heavy atom. The largest absolute Gasteiger partial charge is 0.481 e. The molecule has 0 aliphatic heterocycles. The molecule has 2 rings (SSSR count). The molecular formula is C17H24N2O3. The fraction of sp³-hybridized carbons (Fsp3) is 0.529. The standard InChI is InChI=1S/C17H24N2O3/c20-16(21)10-5-11-18-17(22)19-15-9-4-8-14(15)12-13-6-2-1-3-7-13/h1-3,6-7,14-15H,4-5,8-12H2,(H,20,21)(H2,18,19,22). The van der Waals surface area contributed by atoms with E-state index in [0.717, 1.165) is 25.7 Å². The van der Waals surface area contributed by atoms with Crippen LogP contribution >= 0.6 is 0 Å². The summed E-state index contributed by atoms with van der Waals surface area (Å²) in [5.74, 6) is -0.354. The molecule has 2 amide bonds. The van der Waals surface area contributed by atoms with Gasteiger partial charge < -0.3 is 15.7 Å². The molecule has 1 aliphatic rings. The maximum atomic E-state index is 11.9. The number of hydrogen-bond donors (Lipinski definition) is 3. The van der Waals surface area contributed by atoms with Crippen molar-refractivity contribution in [2.45, 2.75) is 44.6 Å². The molecule has 1 aliphatic carbocycles. The van der Waals surface area contributed by atoms with E-state index in [0.29, 0.717) is 18.9 Å². The molecule has 0 bridgehead atoms. The number of benzene rings is 1. The molecule has 1 aromatic rings. The maximum Gasteiger partial charge on any atom is 0.315 e. The molecule has 3 N–H and O–H groups in total. The van der Waals surface area contributed by atoms with E-state index >= 15 is 0 Å². The Morgan fingerprint density at radius 3 is 2.68 bits per heavy atom. The molecule has 0 saturated heterocycles. The van der Waals surface area contributed by atoms with E-state index < -0.39 is 5.97 Å². The highest BCUT2D eigenvalue weighted by Gasteiger charge is 2.28. The van der Waals surface area contributed by atoms with Crippen molar-refractivity contribution in [3.63, 3.8) is 0 Å². The number of carboxylic acids is 1. The third kappa shape index (κ3) is 5.39. The van der Waals surface area contributed by atoms with Crippen molar-refractivity contribution in [2.24, 2.45) is 5.92 Å². The summed E-state index contributed by atoms with van der Waals surface area (Å²) in [6.45, 7) is 0.397. The van der Waals surface area contributed by atoms with Gasteiger partial charge in [0.25, 0.3) is 0 Å². The highest BCUT2D eigenvalue weighted by Crippen LogP contribution is 2.28. The predicted molar refractivity (Wildman–Crippen MR) is 84.7 cm³/mol.